The van der Waals surface area contributed by atoms with Crippen LogP contribution in [-0.4, -0.2) is 24.5 Å². The third-order valence-electron chi connectivity index (χ3n) is 2.23. The van der Waals surface area contributed by atoms with Gasteiger partial charge in [-0.15, -0.1) is 0 Å². The number of esters is 1. The van der Waals surface area contributed by atoms with Gasteiger partial charge in [-0.25, -0.2) is 4.79 Å². The van der Waals surface area contributed by atoms with Crippen molar-refractivity contribution in [3.8, 4) is 0 Å². The average molecular weight is 224 g/mol. The Morgan fingerprint density at radius 1 is 1.50 bits per heavy atom. The Labute approximate surface area is 94.9 Å². The van der Waals surface area contributed by atoms with E-state index in [0.717, 1.165) is 0 Å². The third kappa shape index (κ3) is 2.51. The van der Waals surface area contributed by atoms with Gasteiger partial charge >= 0.3 is 5.97 Å². The maximum atomic E-state index is 11.7. The van der Waals surface area contributed by atoms with Crippen LogP contribution in [0.25, 0.3) is 0 Å². The molecular formula is C12H16O4. The SMILES string of the molecule is CCOC(=O)C1=CC(C)OC(C)=C1C(C)=O. The zero-order chi connectivity index (χ0) is 12.3. The number of carbonyl (C=O) groups excluding carboxylic acids is 2. The molecule has 1 rings (SSSR count). The summed E-state index contributed by atoms with van der Waals surface area (Å²) in [4.78, 5) is 23.1. The minimum atomic E-state index is -0.470. The second kappa shape index (κ2) is 4.96. The fraction of sp³-hybridized carbons (Fsp3) is 0.500. The highest BCUT2D eigenvalue weighted by molar-refractivity contribution is 6.09. The molecule has 1 atom stereocenters. The summed E-state index contributed by atoms with van der Waals surface area (Å²) in [5, 5.41) is 0. The highest BCUT2D eigenvalue weighted by atomic mass is 16.5. The van der Waals surface area contributed by atoms with Gasteiger partial charge in [0.15, 0.2) is 5.78 Å². The lowest BCUT2D eigenvalue weighted by Crippen LogP contribution is -2.22. The van der Waals surface area contributed by atoms with Crippen LogP contribution in [-0.2, 0) is 19.1 Å². The van der Waals surface area contributed by atoms with Crippen molar-refractivity contribution in [1.82, 2.24) is 0 Å². The minimum absolute atomic E-state index is 0.191. The first-order chi connectivity index (χ1) is 7.47. The molecule has 1 heterocycles. The lowest BCUT2D eigenvalue weighted by molar-refractivity contribution is -0.138. The topological polar surface area (TPSA) is 52.6 Å². The molecule has 0 spiro atoms. The van der Waals surface area contributed by atoms with Crippen LogP contribution in [0.4, 0.5) is 0 Å². The standard InChI is InChI=1S/C12H16O4/c1-5-15-12(14)10-6-7(2)16-9(4)11(10)8(3)13/h6-7H,5H2,1-4H3. The zero-order valence-corrected chi connectivity index (χ0v) is 9.99. The van der Waals surface area contributed by atoms with E-state index in [1.54, 1.807) is 26.8 Å². The second-order valence-corrected chi connectivity index (χ2v) is 3.61. The molecule has 88 valence electrons. The predicted octanol–water partition coefficient (Wildman–Crippen LogP) is 1.76. The van der Waals surface area contributed by atoms with Crippen molar-refractivity contribution in [2.75, 3.05) is 6.61 Å². The monoisotopic (exact) mass is 224 g/mol. The van der Waals surface area contributed by atoms with Crippen LogP contribution in [0.2, 0.25) is 0 Å². The summed E-state index contributed by atoms with van der Waals surface area (Å²) in [7, 11) is 0. The van der Waals surface area contributed by atoms with Gasteiger partial charge in [0.25, 0.3) is 0 Å². The van der Waals surface area contributed by atoms with E-state index in [2.05, 4.69) is 0 Å². The zero-order valence-electron chi connectivity index (χ0n) is 9.99. The fourth-order valence-corrected chi connectivity index (χ4v) is 1.70. The summed E-state index contributed by atoms with van der Waals surface area (Å²) in [6.45, 7) is 6.91. The van der Waals surface area contributed by atoms with Gasteiger partial charge in [0, 0.05) is 0 Å². The molecule has 0 aliphatic carbocycles. The Morgan fingerprint density at radius 3 is 2.62 bits per heavy atom. The average Bonchev–Trinajstić information content (AvgIpc) is 2.15. The van der Waals surface area contributed by atoms with E-state index >= 15 is 0 Å². The Hall–Kier alpha value is -1.58. The summed E-state index contributed by atoms with van der Waals surface area (Å²) in [6.07, 6.45) is 1.39. The minimum Gasteiger partial charge on any atom is -0.490 e. The van der Waals surface area contributed by atoms with Gasteiger partial charge in [0.1, 0.15) is 11.9 Å². The lowest BCUT2D eigenvalue weighted by Gasteiger charge is -2.22. The number of rotatable bonds is 3. The summed E-state index contributed by atoms with van der Waals surface area (Å²) >= 11 is 0. The molecule has 0 amide bonds. The number of hydrogen-bond acceptors (Lipinski definition) is 4. The molecule has 0 saturated carbocycles. The third-order valence-corrected chi connectivity index (χ3v) is 2.23. The van der Waals surface area contributed by atoms with E-state index in [1.807, 2.05) is 0 Å². The summed E-state index contributed by atoms with van der Waals surface area (Å²) in [6, 6.07) is 0. The van der Waals surface area contributed by atoms with Crippen molar-refractivity contribution in [1.29, 1.82) is 0 Å². The summed E-state index contributed by atoms with van der Waals surface area (Å²) in [5.41, 5.74) is 0.627. The first kappa shape index (κ1) is 12.5. The van der Waals surface area contributed by atoms with Gasteiger partial charge in [-0.3, -0.25) is 4.79 Å². The highest BCUT2D eigenvalue weighted by Crippen LogP contribution is 2.25. The normalized spacial score (nSPS) is 20.0. The lowest BCUT2D eigenvalue weighted by atomic mass is 9.98. The molecule has 16 heavy (non-hydrogen) atoms. The van der Waals surface area contributed by atoms with Crippen molar-refractivity contribution in [3.05, 3.63) is 23.0 Å². The van der Waals surface area contributed by atoms with Gasteiger partial charge in [-0.1, -0.05) is 0 Å². The number of hydrogen-bond donors (Lipinski definition) is 0. The number of ketones is 1. The molecule has 0 fully saturated rings. The quantitative estimate of drug-likeness (QED) is 0.685. The van der Waals surface area contributed by atoms with Crippen LogP contribution in [0.1, 0.15) is 27.7 Å². The first-order valence-corrected chi connectivity index (χ1v) is 5.25. The molecule has 1 unspecified atom stereocenters. The van der Waals surface area contributed by atoms with Gasteiger partial charge in [0.05, 0.1) is 17.8 Å². The smallest absolute Gasteiger partial charge is 0.338 e. The molecule has 0 aromatic heterocycles. The molecule has 4 nitrogen and oxygen atoms in total. The van der Waals surface area contributed by atoms with Crippen molar-refractivity contribution in [2.24, 2.45) is 0 Å². The van der Waals surface area contributed by atoms with Crippen molar-refractivity contribution >= 4 is 11.8 Å². The fourth-order valence-electron chi connectivity index (χ4n) is 1.70. The number of allylic oxidation sites excluding steroid dienone is 1. The van der Waals surface area contributed by atoms with Crippen LogP contribution in [0, 0.1) is 0 Å². The maximum Gasteiger partial charge on any atom is 0.338 e. The molecule has 0 aromatic rings. The Balaban J connectivity index is 3.11. The highest BCUT2D eigenvalue weighted by Gasteiger charge is 2.27. The Kier molecular flexibility index (Phi) is 3.88. The molecule has 4 heteroatoms. The maximum absolute atomic E-state index is 11.7. The van der Waals surface area contributed by atoms with Crippen molar-refractivity contribution in [3.63, 3.8) is 0 Å². The van der Waals surface area contributed by atoms with Gasteiger partial charge in [-0.2, -0.15) is 0 Å². The molecule has 0 bridgehead atoms. The van der Waals surface area contributed by atoms with Gasteiger partial charge < -0.3 is 9.47 Å². The van der Waals surface area contributed by atoms with Crippen LogP contribution < -0.4 is 0 Å². The van der Waals surface area contributed by atoms with Crippen LogP contribution in [0.15, 0.2) is 23.0 Å². The predicted molar refractivity (Wildman–Crippen MR) is 58.6 cm³/mol. The van der Waals surface area contributed by atoms with E-state index < -0.39 is 5.97 Å². The van der Waals surface area contributed by atoms with Crippen LogP contribution in [0.5, 0.6) is 0 Å². The number of carbonyl (C=O) groups is 2. The van der Waals surface area contributed by atoms with Crippen molar-refractivity contribution in [2.45, 2.75) is 33.8 Å². The van der Waals surface area contributed by atoms with E-state index in [-0.39, 0.29) is 18.5 Å². The summed E-state index contributed by atoms with van der Waals surface area (Å²) in [5.74, 6) is -0.184. The first-order valence-electron chi connectivity index (χ1n) is 5.25. The molecule has 0 N–H and O–H groups in total. The van der Waals surface area contributed by atoms with Gasteiger partial charge in [-0.05, 0) is 33.8 Å². The molecule has 0 saturated heterocycles. The Bertz CT molecular complexity index is 376. The van der Waals surface area contributed by atoms with Crippen LogP contribution in [0.3, 0.4) is 0 Å². The summed E-state index contributed by atoms with van der Waals surface area (Å²) < 4.78 is 10.3. The molecule has 0 aromatic carbocycles. The Morgan fingerprint density at radius 2 is 2.12 bits per heavy atom. The van der Waals surface area contributed by atoms with E-state index in [9.17, 15) is 9.59 Å². The second-order valence-electron chi connectivity index (χ2n) is 3.61. The molecule has 1 aliphatic rings. The van der Waals surface area contributed by atoms with E-state index in [4.69, 9.17) is 9.47 Å². The molecular weight excluding hydrogens is 208 g/mol. The van der Waals surface area contributed by atoms with Gasteiger partial charge in [0.2, 0.25) is 0 Å². The largest absolute Gasteiger partial charge is 0.490 e. The molecule has 1 aliphatic heterocycles. The number of ether oxygens (including phenoxy) is 2. The van der Waals surface area contributed by atoms with E-state index in [0.29, 0.717) is 16.9 Å². The molecule has 0 radical (unpaired) electrons. The number of Topliss-reactive ketones (excluding diaryl/α,β-unsaturated/α-hetero) is 1. The van der Waals surface area contributed by atoms with Crippen molar-refractivity contribution < 1.29 is 19.1 Å². The van der Waals surface area contributed by atoms with Crippen LogP contribution >= 0.6 is 0 Å². The van der Waals surface area contributed by atoms with E-state index in [1.165, 1.54) is 6.92 Å².